The number of carbonyl (C=O) groups is 5. The third-order valence-corrected chi connectivity index (χ3v) is 13.6. The first-order valence-corrected chi connectivity index (χ1v) is 23.8. The summed E-state index contributed by atoms with van der Waals surface area (Å²) in [5.74, 6) is -0.916. The van der Waals surface area contributed by atoms with Crippen molar-refractivity contribution in [2.45, 2.75) is 147 Å². The lowest BCUT2D eigenvalue weighted by Crippen LogP contribution is -2.56. The largest absolute Gasteiger partial charge is 0.496 e. The smallest absolute Gasteiger partial charge is 0.408 e. The molecule has 2 unspecified atom stereocenters. The van der Waals surface area contributed by atoms with Crippen LogP contribution in [0.3, 0.4) is 0 Å². The second kappa shape index (κ2) is 21.9. The maximum atomic E-state index is 14.5. The lowest BCUT2D eigenvalue weighted by atomic mass is 9.97. The first-order chi connectivity index (χ1) is 30.3. The number of carbonyl (C=O) groups excluding carboxylic acids is 5. The number of likely N-dealkylation sites (tertiary alicyclic amines) is 2. The fourth-order valence-corrected chi connectivity index (χ4v) is 10.2. The lowest BCUT2D eigenvalue weighted by Gasteiger charge is -2.31. The molecule has 0 radical (unpaired) electrons. The van der Waals surface area contributed by atoms with Gasteiger partial charge in [0.05, 0.1) is 18.0 Å². The van der Waals surface area contributed by atoms with Crippen molar-refractivity contribution in [3.05, 3.63) is 70.8 Å². The zero-order valence-electron chi connectivity index (χ0n) is 38.5. The van der Waals surface area contributed by atoms with E-state index in [0.29, 0.717) is 61.2 Å². The van der Waals surface area contributed by atoms with Crippen molar-refractivity contribution >= 4 is 56.2 Å². The van der Waals surface area contributed by atoms with Crippen LogP contribution < -0.4 is 21.1 Å². The van der Waals surface area contributed by atoms with Crippen molar-refractivity contribution in [2.75, 3.05) is 26.7 Å². The van der Waals surface area contributed by atoms with Gasteiger partial charge < -0.3 is 35.6 Å². The van der Waals surface area contributed by atoms with Crippen molar-refractivity contribution in [3.8, 4) is 5.75 Å². The third kappa shape index (κ3) is 13.0. The molecule has 2 aliphatic heterocycles. The van der Waals surface area contributed by atoms with Crippen LogP contribution in [0.2, 0.25) is 0 Å². The van der Waals surface area contributed by atoms with E-state index >= 15 is 0 Å². The maximum absolute atomic E-state index is 14.5. The van der Waals surface area contributed by atoms with Crippen LogP contribution in [-0.2, 0) is 40.4 Å². The third-order valence-electron chi connectivity index (χ3n) is 12.0. The van der Waals surface area contributed by atoms with E-state index in [1.807, 2.05) is 42.5 Å². The number of rotatable bonds is 18. The zero-order valence-corrected chi connectivity index (χ0v) is 39.3. The zero-order chi connectivity index (χ0) is 46.8. The van der Waals surface area contributed by atoms with Gasteiger partial charge in [0.15, 0.2) is 5.78 Å². The minimum atomic E-state index is -4.15. The lowest BCUT2D eigenvalue weighted by molar-refractivity contribution is -0.141. The molecule has 0 aliphatic carbocycles. The van der Waals surface area contributed by atoms with Crippen LogP contribution in [-0.4, -0.2) is 104 Å². The Kier molecular flexibility index (Phi) is 17.0. The van der Waals surface area contributed by atoms with E-state index in [4.69, 9.17) is 15.2 Å². The van der Waals surface area contributed by atoms with E-state index in [1.54, 1.807) is 52.5 Å². The summed E-state index contributed by atoms with van der Waals surface area (Å²) < 4.78 is 41.7. The quantitative estimate of drug-likeness (QED) is 0.0732. The molecule has 0 saturated carbocycles. The molecule has 4 N–H and O–H groups in total. The molecule has 2 fully saturated rings. The van der Waals surface area contributed by atoms with Gasteiger partial charge in [0.1, 0.15) is 29.3 Å². The first-order valence-electron chi connectivity index (χ1n) is 22.4. The SMILES string of the molecule is COc1cc(C)c(S(=O)(=O)/N=C(/N)CCCCC(NC(=O)[C@@H]2CCCN2C(=O)C(Cc2cccc3ccccc23)NC(=O)OC(C)(C)C)C(=O)CCC(=O)N2CCCCC2)c(C)c1C. The first kappa shape index (κ1) is 49.5. The summed E-state index contributed by atoms with van der Waals surface area (Å²) in [5.41, 5.74) is 7.88. The minimum absolute atomic E-state index is 0.00651. The van der Waals surface area contributed by atoms with Gasteiger partial charge in [-0.15, -0.1) is 4.40 Å². The number of aryl methyl sites for hydroxylation is 1. The van der Waals surface area contributed by atoms with Gasteiger partial charge in [0.25, 0.3) is 10.0 Å². The Hall–Kier alpha value is -5.51. The summed E-state index contributed by atoms with van der Waals surface area (Å²) in [6.45, 7) is 11.9. The molecule has 3 atom stereocenters. The number of benzene rings is 3. The molecular weight excluding hydrogens is 837 g/mol. The van der Waals surface area contributed by atoms with Gasteiger partial charge in [0.2, 0.25) is 17.7 Å². The fraction of sp³-hybridized carbons (Fsp3) is 0.542. The predicted molar refractivity (Wildman–Crippen MR) is 247 cm³/mol. The number of amidine groups is 1. The fourth-order valence-electron chi connectivity index (χ4n) is 8.66. The molecule has 3 aromatic rings. The van der Waals surface area contributed by atoms with Crippen LogP contribution >= 0.6 is 0 Å². The average Bonchev–Trinajstić information content (AvgIpc) is 3.74. The molecule has 0 spiro atoms. The highest BCUT2D eigenvalue weighted by atomic mass is 32.2. The van der Waals surface area contributed by atoms with Crippen LogP contribution in [0.1, 0.15) is 114 Å². The molecule has 5 rings (SSSR count). The number of methoxy groups -OCH3 is 1. The topological polar surface area (TPSA) is 207 Å². The standard InChI is InChI=1S/C48H66N6O9S/c1-31-29-41(62-7)32(2)33(3)44(31)64(60,61)52-42(49)23-12-11-21-37(40(55)24-25-43(56)53-26-13-8-14-27-53)50-45(57)39-22-16-28-54(39)46(58)38(51-47(59)63-48(4,5)6)30-35-19-15-18-34-17-9-10-20-36(34)35/h9-10,15,17-20,29,37-39H,8,11-14,16,21-28,30H2,1-7H3,(H2,49,52)(H,50,57)(H,51,59)/t37?,38?,39-/m0/s1. The normalized spacial score (nSPS) is 16.9. The number of piperidine rings is 1. The van der Waals surface area contributed by atoms with Crippen LogP contribution in [0.4, 0.5) is 4.79 Å². The number of fused-ring (bicyclic) bond motifs is 1. The predicted octanol–water partition coefficient (Wildman–Crippen LogP) is 6.35. The van der Waals surface area contributed by atoms with Crippen LogP contribution in [0.5, 0.6) is 5.75 Å². The van der Waals surface area contributed by atoms with Crippen molar-refractivity contribution in [2.24, 2.45) is 10.1 Å². The Morgan fingerprint density at radius 1 is 0.859 bits per heavy atom. The molecule has 2 aliphatic rings. The Balaban J connectivity index is 1.31. The summed E-state index contributed by atoms with van der Waals surface area (Å²) in [4.78, 5) is 72.1. The summed E-state index contributed by atoms with van der Waals surface area (Å²) in [6.07, 6.45) is 4.08. The molecule has 2 saturated heterocycles. The minimum Gasteiger partial charge on any atom is -0.496 e. The molecule has 0 bridgehead atoms. The number of amides is 4. The van der Waals surface area contributed by atoms with Gasteiger partial charge in [-0.05, 0) is 126 Å². The molecule has 64 heavy (non-hydrogen) atoms. The number of nitrogens with zero attached hydrogens (tertiary/aromatic N) is 3. The van der Waals surface area contributed by atoms with Crippen molar-refractivity contribution in [1.82, 2.24) is 20.4 Å². The monoisotopic (exact) mass is 902 g/mol. The number of unbranched alkanes of at least 4 members (excludes halogenated alkanes) is 1. The second-order valence-electron chi connectivity index (χ2n) is 18.0. The average molecular weight is 903 g/mol. The Labute approximate surface area is 377 Å². The summed E-state index contributed by atoms with van der Waals surface area (Å²) in [6, 6.07) is 12.2. The van der Waals surface area contributed by atoms with Crippen molar-refractivity contribution in [1.29, 1.82) is 0 Å². The molecule has 4 amide bonds. The molecule has 0 aromatic heterocycles. The van der Waals surface area contributed by atoms with E-state index in [0.717, 1.165) is 35.6 Å². The Morgan fingerprint density at radius 3 is 2.27 bits per heavy atom. The van der Waals surface area contributed by atoms with E-state index < -0.39 is 51.7 Å². The van der Waals surface area contributed by atoms with Crippen LogP contribution in [0.25, 0.3) is 10.8 Å². The molecule has 15 nitrogen and oxygen atoms in total. The van der Waals surface area contributed by atoms with Gasteiger partial charge in [-0.1, -0.05) is 48.9 Å². The Bertz CT molecular complexity index is 2330. The summed E-state index contributed by atoms with van der Waals surface area (Å²) >= 11 is 0. The molecule has 348 valence electrons. The van der Waals surface area contributed by atoms with Gasteiger partial charge in [0, 0.05) is 45.3 Å². The number of hydrogen-bond acceptors (Lipinski definition) is 9. The number of sulfonamides is 1. The van der Waals surface area contributed by atoms with Gasteiger partial charge in [-0.25, -0.2) is 4.79 Å². The summed E-state index contributed by atoms with van der Waals surface area (Å²) in [7, 11) is -2.63. The van der Waals surface area contributed by atoms with Crippen LogP contribution in [0.15, 0.2) is 57.8 Å². The molecular formula is C48H66N6O9S. The number of ether oxygens (including phenoxy) is 2. The number of nitrogens with two attached hydrogens (primary N) is 1. The molecule has 3 aromatic carbocycles. The highest BCUT2D eigenvalue weighted by molar-refractivity contribution is 7.90. The number of hydrogen-bond donors (Lipinski definition) is 3. The highest BCUT2D eigenvalue weighted by Crippen LogP contribution is 2.32. The van der Waals surface area contributed by atoms with Crippen LogP contribution in [0, 0.1) is 20.8 Å². The summed E-state index contributed by atoms with van der Waals surface area (Å²) in [5, 5.41) is 7.60. The molecule has 16 heteroatoms. The van der Waals surface area contributed by atoms with E-state index in [-0.39, 0.29) is 61.1 Å². The molecule has 2 heterocycles. The van der Waals surface area contributed by atoms with Crippen molar-refractivity contribution in [3.63, 3.8) is 0 Å². The number of alkyl carbamates (subject to hydrolysis) is 1. The number of ketones is 1. The number of nitrogens with one attached hydrogen (secondary N) is 2. The van der Waals surface area contributed by atoms with Gasteiger partial charge in [-0.2, -0.15) is 8.42 Å². The van der Waals surface area contributed by atoms with E-state index in [2.05, 4.69) is 15.0 Å². The highest BCUT2D eigenvalue weighted by Gasteiger charge is 2.39. The van der Waals surface area contributed by atoms with Gasteiger partial charge in [-0.3, -0.25) is 19.2 Å². The Morgan fingerprint density at radius 2 is 1.56 bits per heavy atom. The second-order valence-corrected chi connectivity index (χ2v) is 19.5. The van der Waals surface area contributed by atoms with Crippen molar-refractivity contribution < 1.29 is 41.9 Å². The van der Waals surface area contributed by atoms with Gasteiger partial charge >= 0.3 is 6.09 Å². The maximum Gasteiger partial charge on any atom is 0.408 e. The van der Waals surface area contributed by atoms with E-state index in [9.17, 15) is 32.4 Å². The van der Waals surface area contributed by atoms with E-state index in [1.165, 1.54) is 12.0 Å². The number of Topliss-reactive ketones (excluding diaryl/α,β-unsaturated/α-hetero) is 1.